The molecule has 2 aromatic carbocycles. The summed E-state index contributed by atoms with van der Waals surface area (Å²) in [5, 5.41) is 5.82. The minimum atomic E-state index is -0.306. The number of nitrogen functional groups attached to an aromatic ring is 1. The molecule has 0 saturated carbocycles. The number of para-hydroxylation sites is 1. The van der Waals surface area contributed by atoms with Crippen LogP contribution < -0.4 is 10.6 Å². The van der Waals surface area contributed by atoms with Crippen molar-refractivity contribution in [1.29, 1.82) is 0 Å². The number of anilines is 2. The standard InChI is InChI=1S/C22H20ClFN6/c23-16-6-2-3-7-17(16)30-20(25)18-19(14-8-10-15(24)11-9-14)26-22(27-21(18)28-30)29-12-4-1-5-13-29/h2-3,6-11H,1,4-5,12-13,25H2. The number of rotatable bonds is 3. The molecule has 0 radical (unpaired) electrons. The largest absolute Gasteiger partial charge is 0.383 e. The van der Waals surface area contributed by atoms with Crippen LogP contribution in [0.4, 0.5) is 16.2 Å². The average molecular weight is 423 g/mol. The van der Waals surface area contributed by atoms with E-state index in [0.717, 1.165) is 31.5 Å². The van der Waals surface area contributed by atoms with Crippen LogP contribution in [-0.4, -0.2) is 32.8 Å². The fourth-order valence-corrected chi connectivity index (χ4v) is 4.08. The van der Waals surface area contributed by atoms with Crippen molar-refractivity contribution in [2.45, 2.75) is 19.3 Å². The molecular formula is C22H20ClFN6. The summed E-state index contributed by atoms with van der Waals surface area (Å²) in [6.45, 7) is 1.80. The van der Waals surface area contributed by atoms with Gasteiger partial charge in [0.05, 0.1) is 21.8 Å². The minimum absolute atomic E-state index is 0.306. The molecule has 0 unspecified atom stereocenters. The molecule has 1 saturated heterocycles. The topological polar surface area (TPSA) is 72.9 Å². The Bertz CT molecular complexity index is 1210. The quantitative estimate of drug-likeness (QED) is 0.511. The Balaban J connectivity index is 1.76. The first-order chi connectivity index (χ1) is 14.6. The molecule has 2 aromatic heterocycles. The van der Waals surface area contributed by atoms with Gasteiger partial charge in [0.15, 0.2) is 5.65 Å². The number of halogens is 2. The minimum Gasteiger partial charge on any atom is -0.383 e. The second-order valence-corrected chi connectivity index (χ2v) is 7.78. The smallest absolute Gasteiger partial charge is 0.228 e. The summed E-state index contributed by atoms with van der Waals surface area (Å²) in [6.07, 6.45) is 3.41. The van der Waals surface area contributed by atoms with Crippen molar-refractivity contribution in [3.05, 3.63) is 59.4 Å². The monoisotopic (exact) mass is 422 g/mol. The van der Waals surface area contributed by atoms with Gasteiger partial charge in [-0.2, -0.15) is 4.98 Å². The summed E-state index contributed by atoms with van der Waals surface area (Å²) in [6, 6.07) is 13.6. The molecule has 30 heavy (non-hydrogen) atoms. The maximum absolute atomic E-state index is 13.5. The van der Waals surface area contributed by atoms with E-state index in [1.807, 2.05) is 18.2 Å². The molecule has 0 amide bonds. The fourth-order valence-electron chi connectivity index (χ4n) is 3.86. The number of hydrogen-bond acceptors (Lipinski definition) is 5. The summed E-state index contributed by atoms with van der Waals surface area (Å²) >= 11 is 6.38. The van der Waals surface area contributed by atoms with E-state index in [1.165, 1.54) is 18.6 Å². The van der Waals surface area contributed by atoms with Gasteiger partial charge in [-0.3, -0.25) is 0 Å². The zero-order valence-corrected chi connectivity index (χ0v) is 17.0. The molecule has 6 nitrogen and oxygen atoms in total. The highest BCUT2D eigenvalue weighted by Gasteiger charge is 2.22. The van der Waals surface area contributed by atoms with Crippen LogP contribution in [0.25, 0.3) is 28.0 Å². The molecule has 1 aliphatic heterocycles. The molecule has 1 fully saturated rings. The van der Waals surface area contributed by atoms with Gasteiger partial charge >= 0.3 is 0 Å². The maximum Gasteiger partial charge on any atom is 0.228 e. The highest BCUT2D eigenvalue weighted by atomic mass is 35.5. The average Bonchev–Trinajstić information content (AvgIpc) is 3.11. The molecule has 4 aromatic rings. The Morgan fingerprint density at radius 1 is 0.933 bits per heavy atom. The van der Waals surface area contributed by atoms with E-state index >= 15 is 0 Å². The van der Waals surface area contributed by atoms with Crippen LogP contribution in [0.15, 0.2) is 48.5 Å². The summed E-state index contributed by atoms with van der Waals surface area (Å²) in [7, 11) is 0. The first-order valence-electron chi connectivity index (χ1n) is 9.94. The Morgan fingerprint density at radius 2 is 1.67 bits per heavy atom. The number of fused-ring (bicyclic) bond motifs is 1. The SMILES string of the molecule is Nc1c2c(-c3ccc(F)cc3)nc(N3CCCCC3)nc2nn1-c1ccccc1Cl. The summed E-state index contributed by atoms with van der Waals surface area (Å²) in [4.78, 5) is 11.7. The third kappa shape index (κ3) is 3.25. The second kappa shape index (κ2) is 7.57. The normalized spacial score (nSPS) is 14.4. The van der Waals surface area contributed by atoms with Gasteiger partial charge in [0.2, 0.25) is 5.95 Å². The van der Waals surface area contributed by atoms with Crippen molar-refractivity contribution in [2.75, 3.05) is 23.7 Å². The molecule has 5 rings (SSSR count). The molecule has 0 bridgehead atoms. The highest BCUT2D eigenvalue weighted by Crippen LogP contribution is 2.35. The lowest BCUT2D eigenvalue weighted by Gasteiger charge is -2.26. The Hall–Kier alpha value is -3.19. The number of benzene rings is 2. The van der Waals surface area contributed by atoms with Crippen molar-refractivity contribution in [1.82, 2.24) is 19.7 Å². The van der Waals surface area contributed by atoms with E-state index in [4.69, 9.17) is 27.3 Å². The molecular weight excluding hydrogens is 403 g/mol. The lowest BCUT2D eigenvalue weighted by molar-refractivity contribution is 0.569. The van der Waals surface area contributed by atoms with E-state index in [-0.39, 0.29) is 5.82 Å². The Labute approximate surface area is 178 Å². The van der Waals surface area contributed by atoms with Crippen molar-refractivity contribution < 1.29 is 4.39 Å². The zero-order valence-electron chi connectivity index (χ0n) is 16.2. The molecule has 2 N–H and O–H groups in total. The summed E-state index contributed by atoms with van der Waals surface area (Å²) in [5.74, 6) is 0.702. The van der Waals surface area contributed by atoms with Crippen molar-refractivity contribution in [3.63, 3.8) is 0 Å². The van der Waals surface area contributed by atoms with Crippen molar-refractivity contribution in [3.8, 4) is 16.9 Å². The molecule has 0 aliphatic carbocycles. The molecule has 1 aliphatic rings. The maximum atomic E-state index is 13.5. The number of hydrogen-bond donors (Lipinski definition) is 1. The van der Waals surface area contributed by atoms with Gasteiger partial charge in [-0.1, -0.05) is 23.7 Å². The van der Waals surface area contributed by atoms with Crippen LogP contribution in [0.2, 0.25) is 5.02 Å². The third-order valence-corrected chi connectivity index (χ3v) is 5.71. The van der Waals surface area contributed by atoms with E-state index in [9.17, 15) is 4.39 Å². The van der Waals surface area contributed by atoms with E-state index in [2.05, 4.69) is 10.00 Å². The van der Waals surface area contributed by atoms with Crippen LogP contribution in [0.3, 0.4) is 0 Å². The summed E-state index contributed by atoms with van der Waals surface area (Å²) in [5.41, 5.74) is 9.06. The van der Waals surface area contributed by atoms with Gasteiger partial charge in [-0.15, -0.1) is 5.10 Å². The van der Waals surface area contributed by atoms with Crippen LogP contribution >= 0.6 is 11.6 Å². The van der Waals surface area contributed by atoms with Gasteiger partial charge < -0.3 is 10.6 Å². The lowest BCUT2D eigenvalue weighted by atomic mass is 10.1. The fraction of sp³-hybridized carbons (Fsp3) is 0.227. The third-order valence-electron chi connectivity index (χ3n) is 5.39. The first-order valence-corrected chi connectivity index (χ1v) is 10.3. The molecule has 0 spiro atoms. The number of nitrogens with two attached hydrogens (primary N) is 1. The Morgan fingerprint density at radius 3 is 2.40 bits per heavy atom. The van der Waals surface area contributed by atoms with Crippen LogP contribution in [0.1, 0.15) is 19.3 Å². The van der Waals surface area contributed by atoms with E-state index < -0.39 is 0 Å². The van der Waals surface area contributed by atoms with Gasteiger partial charge in [0.1, 0.15) is 11.6 Å². The van der Waals surface area contributed by atoms with E-state index in [0.29, 0.717) is 39.2 Å². The zero-order chi connectivity index (χ0) is 20.7. The number of piperidine rings is 1. The van der Waals surface area contributed by atoms with Crippen LogP contribution in [0.5, 0.6) is 0 Å². The molecule has 8 heteroatoms. The van der Waals surface area contributed by atoms with Crippen LogP contribution in [0, 0.1) is 5.82 Å². The highest BCUT2D eigenvalue weighted by molar-refractivity contribution is 6.32. The van der Waals surface area contributed by atoms with Crippen molar-refractivity contribution in [2.24, 2.45) is 0 Å². The molecule has 152 valence electrons. The van der Waals surface area contributed by atoms with Gasteiger partial charge in [-0.25, -0.2) is 14.1 Å². The summed E-state index contributed by atoms with van der Waals surface area (Å²) < 4.78 is 15.1. The first kappa shape index (κ1) is 18.8. The predicted molar refractivity (Wildman–Crippen MR) is 118 cm³/mol. The molecule has 0 atom stereocenters. The second-order valence-electron chi connectivity index (χ2n) is 7.37. The van der Waals surface area contributed by atoms with Crippen LogP contribution in [-0.2, 0) is 0 Å². The van der Waals surface area contributed by atoms with Gasteiger partial charge in [0, 0.05) is 18.7 Å². The number of aromatic nitrogens is 4. The van der Waals surface area contributed by atoms with Gasteiger partial charge in [0.25, 0.3) is 0 Å². The molecule has 3 heterocycles. The Kier molecular flexibility index (Phi) is 4.75. The van der Waals surface area contributed by atoms with Crippen molar-refractivity contribution >= 4 is 34.4 Å². The van der Waals surface area contributed by atoms with Gasteiger partial charge in [-0.05, 0) is 55.7 Å². The predicted octanol–water partition coefficient (Wildman–Crippen LogP) is 4.85. The lowest BCUT2D eigenvalue weighted by Crippen LogP contribution is -2.31. The van der Waals surface area contributed by atoms with E-state index in [1.54, 1.807) is 22.9 Å². The number of nitrogens with zero attached hydrogens (tertiary/aromatic N) is 5.